The maximum atomic E-state index is 14.2. The van der Waals surface area contributed by atoms with Crippen molar-refractivity contribution in [3.05, 3.63) is 40.1 Å². The monoisotopic (exact) mass is 534 g/mol. The number of hydrazine groups is 1. The van der Waals surface area contributed by atoms with E-state index in [0.29, 0.717) is 35.8 Å². The van der Waals surface area contributed by atoms with Crippen LogP contribution in [0.5, 0.6) is 0 Å². The molecule has 2 aliphatic carbocycles. The molecule has 0 spiro atoms. The Morgan fingerprint density at radius 3 is 2.58 bits per heavy atom. The summed E-state index contributed by atoms with van der Waals surface area (Å²) in [6.07, 6.45) is 7.32. The first-order chi connectivity index (χ1) is 18.2. The smallest absolute Gasteiger partial charge is 0.299 e. The van der Waals surface area contributed by atoms with Crippen molar-refractivity contribution in [2.75, 3.05) is 26.8 Å². The number of hydrogen-bond donors (Lipinski definition) is 2. The SMILES string of the molecule is C[C@H]1CCCN(Cc2cc(C(F)(F)F)c3cn(C4CCCC([C@H](C5CC5)C5NNCN5C)C4)c(=O)n3c2)C1. The van der Waals surface area contributed by atoms with Gasteiger partial charge in [0.15, 0.2) is 0 Å². The van der Waals surface area contributed by atoms with E-state index in [4.69, 9.17) is 0 Å². The molecule has 0 radical (unpaired) electrons. The molecule has 2 saturated carbocycles. The molecule has 0 aromatic carbocycles. The van der Waals surface area contributed by atoms with Gasteiger partial charge in [-0.15, -0.1) is 0 Å². The van der Waals surface area contributed by atoms with E-state index in [2.05, 4.69) is 34.6 Å². The van der Waals surface area contributed by atoms with Crippen molar-refractivity contribution in [3.8, 4) is 0 Å². The first-order valence-electron chi connectivity index (χ1n) is 14.4. The van der Waals surface area contributed by atoms with E-state index >= 15 is 0 Å². The standard InChI is InChI=1S/C28H41F3N6O/c1-18-5-4-10-35(13-18)14-19-11-23(28(29,30)31)24-16-36(27(38)37(24)15-19)22-7-3-6-21(12-22)25(20-8-9-20)26-33-32-17-34(26)2/h11,15-16,18,20-22,25-26,32-33H,3-10,12-14,17H2,1-2H3/t18-,21?,22?,25-,26?/m0/s1. The summed E-state index contributed by atoms with van der Waals surface area (Å²) < 4.78 is 45.6. The van der Waals surface area contributed by atoms with Crippen molar-refractivity contribution < 1.29 is 13.2 Å². The zero-order chi connectivity index (χ0) is 26.6. The molecule has 210 valence electrons. The molecule has 2 saturated heterocycles. The molecular weight excluding hydrogens is 493 g/mol. The van der Waals surface area contributed by atoms with Gasteiger partial charge in [-0.1, -0.05) is 13.3 Å². The van der Waals surface area contributed by atoms with Crippen LogP contribution in [0.3, 0.4) is 0 Å². The van der Waals surface area contributed by atoms with E-state index in [-0.39, 0.29) is 23.4 Å². The quantitative estimate of drug-likeness (QED) is 0.574. The number of likely N-dealkylation sites (tertiary alicyclic amines) is 1. The molecule has 0 amide bonds. The molecule has 4 heterocycles. The first-order valence-corrected chi connectivity index (χ1v) is 14.4. The summed E-state index contributed by atoms with van der Waals surface area (Å²) >= 11 is 0. The highest BCUT2D eigenvalue weighted by Gasteiger charge is 2.45. The zero-order valence-electron chi connectivity index (χ0n) is 22.5. The average molecular weight is 535 g/mol. The lowest BCUT2D eigenvalue weighted by molar-refractivity contribution is -0.136. The topological polar surface area (TPSA) is 57.0 Å². The Morgan fingerprint density at radius 1 is 1.08 bits per heavy atom. The molecule has 4 aliphatic rings. The van der Waals surface area contributed by atoms with Crippen molar-refractivity contribution in [2.45, 2.75) is 83.2 Å². The van der Waals surface area contributed by atoms with E-state index in [1.54, 1.807) is 10.8 Å². The van der Waals surface area contributed by atoms with E-state index in [0.717, 1.165) is 58.3 Å². The van der Waals surface area contributed by atoms with Crippen molar-refractivity contribution in [1.29, 1.82) is 0 Å². The second-order valence-corrected chi connectivity index (χ2v) is 12.5. The van der Waals surface area contributed by atoms with E-state index in [1.165, 1.54) is 29.5 Å². The normalized spacial score (nSPS) is 30.8. The zero-order valence-corrected chi connectivity index (χ0v) is 22.5. The Balaban J connectivity index is 1.31. The Labute approximate surface area is 222 Å². The summed E-state index contributed by atoms with van der Waals surface area (Å²) in [4.78, 5) is 18.2. The van der Waals surface area contributed by atoms with Crippen LogP contribution in [-0.4, -0.2) is 51.7 Å². The molecule has 6 rings (SSSR count). The van der Waals surface area contributed by atoms with Crippen LogP contribution in [0.2, 0.25) is 0 Å². The van der Waals surface area contributed by atoms with Gasteiger partial charge < -0.3 is 0 Å². The van der Waals surface area contributed by atoms with Gasteiger partial charge in [-0.2, -0.15) is 13.2 Å². The number of fused-ring (bicyclic) bond motifs is 1. The molecule has 7 nitrogen and oxygen atoms in total. The van der Waals surface area contributed by atoms with Crippen molar-refractivity contribution in [2.24, 2.45) is 23.7 Å². The fraction of sp³-hybridized carbons (Fsp3) is 0.750. The lowest BCUT2D eigenvalue weighted by atomic mass is 9.74. The Morgan fingerprint density at radius 2 is 1.89 bits per heavy atom. The molecule has 10 heteroatoms. The van der Waals surface area contributed by atoms with Crippen LogP contribution in [0.4, 0.5) is 13.2 Å². The van der Waals surface area contributed by atoms with Crippen LogP contribution in [0.25, 0.3) is 5.52 Å². The number of pyridine rings is 1. The molecule has 5 atom stereocenters. The molecule has 4 fully saturated rings. The highest BCUT2D eigenvalue weighted by molar-refractivity contribution is 5.56. The summed E-state index contributed by atoms with van der Waals surface area (Å²) in [5.74, 6) is 2.14. The molecule has 2 aliphatic heterocycles. The van der Waals surface area contributed by atoms with Gasteiger partial charge in [-0.3, -0.25) is 18.8 Å². The largest absolute Gasteiger partial charge is 0.418 e. The van der Waals surface area contributed by atoms with E-state index in [1.807, 2.05) is 0 Å². The molecule has 2 aromatic rings. The molecule has 3 unspecified atom stereocenters. The predicted molar refractivity (Wildman–Crippen MR) is 140 cm³/mol. The lowest BCUT2D eigenvalue weighted by Gasteiger charge is -2.39. The van der Waals surface area contributed by atoms with Gasteiger partial charge in [0, 0.05) is 31.5 Å². The molecule has 38 heavy (non-hydrogen) atoms. The van der Waals surface area contributed by atoms with Crippen molar-refractivity contribution in [3.63, 3.8) is 0 Å². The van der Waals surface area contributed by atoms with Crippen LogP contribution in [0.15, 0.2) is 23.3 Å². The summed E-state index contributed by atoms with van der Waals surface area (Å²) in [6.45, 7) is 5.18. The highest BCUT2D eigenvalue weighted by Crippen LogP contribution is 2.49. The number of hydrogen-bond acceptors (Lipinski definition) is 5. The second kappa shape index (κ2) is 10.3. The average Bonchev–Trinajstić information content (AvgIpc) is 3.53. The minimum atomic E-state index is -4.52. The number of halogens is 3. The fourth-order valence-corrected chi connectivity index (χ4v) is 7.58. The Bertz CT molecular complexity index is 1200. The summed E-state index contributed by atoms with van der Waals surface area (Å²) in [7, 11) is 2.12. The predicted octanol–water partition coefficient (Wildman–Crippen LogP) is 4.43. The molecule has 2 aromatic heterocycles. The van der Waals surface area contributed by atoms with Gasteiger partial charge in [0.2, 0.25) is 0 Å². The van der Waals surface area contributed by atoms with Crippen LogP contribution >= 0.6 is 0 Å². The molecular formula is C28H41F3N6O. The van der Waals surface area contributed by atoms with Gasteiger partial charge in [0.05, 0.1) is 23.9 Å². The van der Waals surface area contributed by atoms with E-state index in [9.17, 15) is 18.0 Å². The van der Waals surface area contributed by atoms with E-state index < -0.39 is 11.7 Å². The minimum Gasteiger partial charge on any atom is -0.299 e. The number of rotatable bonds is 6. The maximum Gasteiger partial charge on any atom is 0.418 e. The maximum absolute atomic E-state index is 14.2. The van der Waals surface area contributed by atoms with Crippen molar-refractivity contribution in [1.82, 2.24) is 29.6 Å². The fourth-order valence-electron chi connectivity index (χ4n) is 7.58. The third kappa shape index (κ3) is 5.17. The number of alkyl halides is 3. The number of nitrogens with zero attached hydrogens (tertiary/aromatic N) is 4. The van der Waals surface area contributed by atoms with Gasteiger partial charge in [0.25, 0.3) is 0 Å². The summed E-state index contributed by atoms with van der Waals surface area (Å²) in [6, 6.07) is 1.19. The highest BCUT2D eigenvalue weighted by atomic mass is 19.4. The summed E-state index contributed by atoms with van der Waals surface area (Å²) in [5.41, 5.74) is 6.19. The minimum absolute atomic E-state index is 0.0273. The van der Waals surface area contributed by atoms with Crippen LogP contribution < -0.4 is 16.5 Å². The second-order valence-electron chi connectivity index (χ2n) is 12.5. The van der Waals surface area contributed by atoms with Gasteiger partial charge in [-0.05, 0) is 93.8 Å². The number of aromatic nitrogens is 2. The number of piperidine rings is 1. The van der Waals surface area contributed by atoms with Crippen LogP contribution in [0.1, 0.15) is 75.5 Å². The van der Waals surface area contributed by atoms with Gasteiger partial charge in [-0.25, -0.2) is 15.6 Å². The first kappa shape index (κ1) is 26.3. The molecule has 0 bridgehead atoms. The number of nitrogens with one attached hydrogen (secondary N) is 2. The third-order valence-electron chi connectivity index (χ3n) is 9.51. The lowest BCUT2D eigenvalue weighted by Crippen LogP contribution is -2.46. The number of imidazole rings is 1. The van der Waals surface area contributed by atoms with Gasteiger partial charge in [0.1, 0.15) is 0 Å². The van der Waals surface area contributed by atoms with Crippen LogP contribution in [0, 0.1) is 23.7 Å². The van der Waals surface area contributed by atoms with Crippen LogP contribution in [-0.2, 0) is 12.7 Å². The third-order valence-corrected chi connectivity index (χ3v) is 9.51. The van der Waals surface area contributed by atoms with Crippen molar-refractivity contribution >= 4 is 5.52 Å². The van der Waals surface area contributed by atoms with Gasteiger partial charge >= 0.3 is 11.9 Å². The Kier molecular flexibility index (Phi) is 7.12. The summed E-state index contributed by atoms with van der Waals surface area (Å²) in [5, 5.41) is 0. The Hall–Kier alpha value is -1.88. The molecule has 2 N–H and O–H groups in total.